The highest BCUT2D eigenvalue weighted by Gasteiger charge is 2.20. The number of amides is 2. The van der Waals surface area contributed by atoms with E-state index in [9.17, 15) is 9.59 Å². The second-order valence-electron chi connectivity index (χ2n) is 8.95. The summed E-state index contributed by atoms with van der Waals surface area (Å²) in [5.41, 5.74) is 4.60. The Morgan fingerprint density at radius 2 is 1.39 bits per heavy atom. The average molecular weight is 563 g/mol. The quantitative estimate of drug-likeness (QED) is 0.163. The van der Waals surface area contributed by atoms with Crippen LogP contribution in [0.1, 0.15) is 70.6 Å². The van der Waals surface area contributed by atoms with Crippen molar-refractivity contribution >= 4 is 40.2 Å². The van der Waals surface area contributed by atoms with Crippen LogP contribution < -0.4 is 4.90 Å². The molecule has 0 radical (unpaired) electrons. The molecule has 0 saturated heterocycles. The van der Waals surface area contributed by atoms with Gasteiger partial charge >= 0.3 is 0 Å². The number of hydrogen-bond donors (Lipinski definition) is 0. The number of para-hydroxylation sites is 1. The summed E-state index contributed by atoms with van der Waals surface area (Å²) in [6.07, 6.45) is 4.82. The highest BCUT2D eigenvalue weighted by Crippen LogP contribution is 2.27. The third-order valence-electron chi connectivity index (χ3n) is 5.91. The van der Waals surface area contributed by atoms with Gasteiger partial charge in [0, 0.05) is 32.0 Å². The maximum Gasteiger partial charge on any atom is 0.281 e. The predicted octanol–water partition coefficient (Wildman–Crippen LogP) is 7.97. The van der Waals surface area contributed by atoms with Crippen molar-refractivity contribution in [3.8, 4) is 0 Å². The zero-order valence-corrected chi connectivity index (χ0v) is 25.6. The molecule has 5 nitrogen and oxygen atoms in total. The predicted molar refractivity (Wildman–Crippen MR) is 165 cm³/mol. The summed E-state index contributed by atoms with van der Waals surface area (Å²) in [6.45, 7) is 14.1. The molecule has 0 atom stereocenters. The number of nitrogens with zero attached hydrogens (tertiary/aromatic N) is 2. The minimum Gasteiger partial charge on any atom is -0.380 e. The summed E-state index contributed by atoms with van der Waals surface area (Å²) in [5, 5.41) is 0.206. The molecule has 0 heterocycles. The number of alkyl halides is 1. The first-order chi connectivity index (χ1) is 18.5. The minimum atomic E-state index is -0.0626. The second kappa shape index (κ2) is 20.9. The number of aryl methyl sites for hydroxylation is 2. The van der Waals surface area contributed by atoms with E-state index in [1.807, 2.05) is 23.1 Å². The van der Waals surface area contributed by atoms with Crippen LogP contribution in [0.5, 0.6) is 0 Å². The Hall–Kier alpha value is -2.02. The maximum atomic E-state index is 12.3. The van der Waals surface area contributed by atoms with Crippen LogP contribution in [0.4, 0.5) is 10.5 Å². The number of carbonyl (C=O) groups excluding carboxylic acids is 2. The third-order valence-corrected chi connectivity index (χ3v) is 7.12. The lowest BCUT2D eigenvalue weighted by Crippen LogP contribution is -2.36. The van der Waals surface area contributed by atoms with Gasteiger partial charge in [0.15, 0.2) is 0 Å². The number of anilines is 1. The van der Waals surface area contributed by atoms with Crippen LogP contribution in [0.3, 0.4) is 0 Å². The van der Waals surface area contributed by atoms with E-state index in [0.717, 1.165) is 63.2 Å². The van der Waals surface area contributed by atoms with E-state index in [2.05, 4.69) is 65.0 Å². The molecule has 0 aromatic heterocycles. The molecule has 2 aromatic rings. The molecule has 0 spiro atoms. The van der Waals surface area contributed by atoms with Gasteiger partial charge in [-0.3, -0.25) is 9.59 Å². The van der Waals surface area contributed by atoms with E-state index in [-0.39, 0.29) is 17.0 Å². The van der Waals surface area contributed by atoms with E-state index in [1.165, 1.54) is 28.5 Å². The lowest BCUT2D eigenvalue weighted by Gasteiger charge is -2.27. The molecule has 0 fully saturated rings. The highest BCUT2D eigenvalue weighted by molar-refractivity contribution is 8.12. The smallest absolute Gasteiger partial charge is 0.281 e. The van der Waals surface area contributed by atoms with Crippen molar-refractivity contribution in [2.45, 2.75) is 72.5 Å². The van der Waals surface area contributed by atoms with Gasteiger partial charge in [-0.2, -0.15) is 0 Å². The Balaban J connectivity index is 0.000000389. The molecule has 0 aliphatic heterocycles. The monoisotopic (exact) mass is 562 g/mol. The van der Waals surface area contributed by atoms with Crippen LogP contribution in [0, 0.1) is 0 Å². The van der Waals surface area contributed by atoms with Crippen LogP contribution in [-0.2, 0) is 28.1 Å². The summed E-state index contributed by atoms with van der Waals surface area (Å²) in [6, 6.07) is 16.3. The van der Waals surface area contributed by atoms with E-state index in [1.54, 1.807) is 4.90 Å². The Bertz CT molecular complexity index is 898. The van der Waals surface area contributed by atoms with Crippen molar-refractivity contribution in [1.82, 2.24) is 4.90 Å². The molecular formula is C31H47ClN2O3S. The van der Waals surface area contributed by atoms with Crippen molar-refractivity contribution < 1.29 is 14.3 Å². The van der Waals surface area contributed by atoms with E-state index >= 15 is 0 Å². The van der Waals surface area contributed by atoms with Crippen molar-refractivity contribution in [1.29, 1.82) is 0 Å². The molecule has 212 valence electrons. The summed E-state index contributed by atoms with van der Waals surface area (Å²) in [4.78, 5) is 28.0. The second-order valence-corrected chi connectivity index (χ2v) is 10.1. The van der Waals surface area contributed by atoms with Gasteiger partial charge in [0.05, 0.1) is 12.3 Å². The zero-order chi connectivity index (χ0) is 28.2. The van der Waals surface area contributed by atoms with Crippen LogP contribution in [0.2, 0.25) is 0 Å². The van der Waals surface area contributed by atoms with Gasteiger partial charge in [0.1, 0.15) is 5.88 Å². The molecular weight excluding hydrogens is 516 g/mol. The van der Waals surface area contributed by atoms with E-state index in [4.69, 9.17) is 16.3 Å². The van der Waals surface area contributed by atoms with Gasteiger partial charge < -0.3 is 14.5 Å². The summed E-state index contributed by atoms with van der Waals surface area (Å²) in [7, 11) is 0. The Kier molecular flexibility index (Phi) is 18.7. The standard InChI is InChI=1S/C17H26ClNO2.C14H21NOS/c1-4-11-21-12-10-19(16(20)13-18)17-14(5-2)8-7-9-15(17)6-3;1-3-10-15(11-4-2)14(16)17-12-13-8-6-5-7-9-13/h7-9H,4-6,10-13H2,1-3H3;5-9H,3-4,10-12H2,1-2H3. The Morgan fingerprint density at radius 1 is 0.789 bits per heavy atom. The number of halogens is 1. The fraction of sp³-hybridized carbons (Fsp3) is 0.548. The SMILES string of the molecule is CCCN(CCC)C(=O)SCc1ccccc1.CCCOCCN(C(=O)CCl)c1c(CC)cccc1CC. The van der Waals surface area contributed by atoms with Crippen LogP contribution in [0.15, 0.2) is 48.5 Å². The molecule has 2 aromatic carbocycles. The molecule has 2 rings (SSSR count). The number of benzene rings is 2. The largest absolute Gasteiger partial charge is 0.380 e. The summed E-state index contributed by atoms with van der Waals surface area (Å²) < 4.78 is 5.54. The fourth-order valence-electron chi connectivity index (χ4n) is 4.04. The van der Waals surface area contributed by atoms with Crippen molar-refractivity contribution in [3.05, 3.63) is 65.2 Å². The van der Waals surface area contributed by atoms with Gasteiger partial charge in [-0.1, -0.05) is 94.9 Å². The van der Waals surface area contributed by atoms with Gasteiger partial charge in [-0.05, 0) is 48.8 Å². The number of ether oxygens (including phenoxy) is 1. The molecule has 2 amide bonds. The van der Waals surface area contributed by atoms with Crippen LogP contribution >= 0.6 is 23.4 Å². The third kappa shape index (κ3) is 12.2. The first kappa shape index (κ1) is 34.0. The molecule has 0 N–H and O–H groups in total. The van der Waals surface area contributed by atoms with E-state index in [0.29, 0.717) is 13.2 Å². The molecule has 38 heavy (non-hydrogen) atoms. The molecule has 7 heteroatoms. The fourth-order valence-corrected chi connectivity index (χ4v) is 5.03. The lowest BCUT2D eigenvalue weighted by molar-refractivity contribution is -0.116. The van der Waals surface area contributed by atoms with Crippen molar-refractivity contribution in [2.75, 3.05) is 43.6 Å². The molecule has 0 unspecified atom stereocenters. The van der Waals surface area contributed by atoms with Gasteiger partial charge in [0.25, 0.3) is 5.24 Å². The highest BCUT2D eigenvalue weighted by atomic mass is 35.5. The van der Waals surface area contributed by atoms with Gasteiger partial charge in [-0.25, -0.2) is 0 Å². The molecule has 0 aliphatic rings. The summed E-state index contributed by atoms with van der Waals surface area (Å²) in [5.74, 6) is 0.700. The topological polar surface area (TPSA) is 49.9 Å². The Morgan fingerprint density at radius 3 is 1.89 bits per heavy atom. The molecule has 0 saturated carbocycles. The average Bonchev–Trinajstić information content (AvgIpc) is 2.96. The van der Waals surface area contributed by atoms with Crippen LogP contribution in [0.25, 0.3) is 0 Å². The molecule has 0 bridgehead atoms. The summed E-state index contributed by atoms with van der Waals surface area (Å²) >= 11 is 7.20. The Labute approximate surface area is 240 Å². The first-order valence-electron chi connectivity index (χ1n) is 14.0. The minimum absolute atomic E-state index is 0.00498. The zero-order valence-electron chi connectivity index (χ0n) is 24.0. The number of carbonyl (C=O) groups is 2. The van der Waals surface area contributed by atoms with E-state index < -0.39 is 0 Å². The van der Waals surface area contributed by atoms with Gasteiger partial charge in [0.2, 0.25) is 5.91 Å². The van der Waals surface area contributed by atoms with Crippen molar-refractivity contribution in [3.63, 3.8) is 0 Å². The van der Waals surface area contributed by atoms with Gasteiger partial charge in [-0.15, -0.1) is 11.6 Å². The van der Waals surface area contributed by atoms with Crippen LogP contribution in [-0.4, -0.2) is 54.8 Å². The number of rotatable bonds is 15. The maximum absolute atomic E-state index is 12.3. The lowest BCUT2D eigenvalue weighted by atomic mass is 10.0. The normalized spacial score (nSPS) is 10.5. The first-order valence-corrected chi connectivity index (χ1v) is 15.5. The number of hydrogen-bond acceptors (Lipinski definition) is 4. The van der Waals surface area contributed by atoms with Crippen molar-refractivity contribution in [2.24, 2.45) is 0 Å². The molecule has 0 aliphatic carbocycles. The number of thioether (sulfide) groups is 1.